The minimum atomic E-state index is 0. The summed E-state index contributed by atoms with van der Waals surface area (Å²) in [6.07, 6.45) is 3.28. The van der Waals surface area contributed by atoms with Crippen molar-refractivity contribution in [1.29, 1.82) is 0 Å². The number of phenols is 1. The maximum atomic E-state index is 12.6. The summed E-state index contributed by atoms with van der Waals surface area (Å²) in [6, 6.07) is 9.16. The number of hydrogen-bond acceptors (Lipinski definition) is 3. The molecule has 4 nitrogen and oxygen atoms in total. The van der Waals surface area contributed by atoms with Crippen LogP contribution < -0.4 is 0 Å². The molecule has 0 radical (unpaired) electrons. The maximum absolute atomic E-state index is 12.6. The van der Waals surface area contributed by atoms with Gasteiger partial charge in [-0.25, -0.2) is 0 Å². The molecule has 2 aliphatic heterocycles. The van der Waals surface area contributed by atoms with Crippen molar-refractivity contribution < 1.29 is 9.90 Å². The number of benzene rings is 1. The first kappa shape index (κ1) is 13.9. The van der Waals surface area contributed by atoms with Gasteiger partial charge in [-0.05, 0) is 41.8 Å². The van der Waals surface area contributed by atoms with E-state index in [9.17, 15) is 9.90 Å². The van der Waals surface area contributed by atoms with Crippen molar-refractivity contribution in [3.63, 3.8) is 0 Å². The molecule has 4 rings (SSSR count). The fraction of sp³-hybridized carbons (Fsp3) is 0.250. The van der Waals surface area contributed by atoms with Gasteiger partial charge >= 0.3 is 0 Å². The van der Waals surface area contributed by atoms with Crippen molar-refractivity contribution in [3.05, 3.63) is 58.9 Å². The molecular weight excluding hydrogens is 288 g/mol. The Morgan fingerprint density at radius 1 is 1.29 bits per heavy atom. The number of nitrogens with zero attached hydrogens (tertiary/aromatic N) is 2. The predicted molar refractivity (Wildman–Crippen MR) is 80.8 cm³/mol. The third-order valence-electron chi connectivity index (χ3n) is 4.25. The monoisotopic (exact) mass is 302 g/mol. The summed E-state index contributed by atoms with van der Waals surface area (Å²) in [6.45, 7) is 0.703. The Labute approximate surface area is 128 Å². The highest BCUT2D eigenvalue weighted by molar-refractivity contribution is 5.96. The largest absolute Gasteiger partial charge is 0.508 e. The Bertz CT molecular complexity index is 717. The lowest BCUT2D eigenvalue weighted by Crippen LogP contribution is -2.44. The summed E-state index contributed by atoms with van der Waals surface area (Å²) >= 11 is 0. The smallest absolute Gasteiger partial charge is 0.256 e. The van der Waals surface area contributed by atoms with E-state index in [0.717, 1.165) is 35.2 Å². The lowest BCUT2D eigenvalue weighted by atomic mass is 9.85. The topological polar surface area (TPSA) is 53.4 Å². The Hall–Kier alpha value is -2.07. The number of carbonyl (C=O) groups is 1. The molecule has 0 fully saturated rings. The number of aromatic hydroxyl groups is 1. The molecule has 5 heteroatoms. The number of rotatable bonds is 0. The van der Waals surface area contributed by atoms with Crippen LogP contribution in [-0.4, -0.2) is 27.4 Å². The number of amides is 1. The van der Waals surface area contributed by atoms with Crippen LogP contribution >= 0.6 is 12.4 Å². The molecule has 1 unspecified atom stereocenters. The van der Waals surface area contributed by atoms with Gasteiger partial charge in [0.2, 0.25) is 0 Å². The summed E-state index contributed by atoms with van der Waals surface area (Å²) in [5.41, 5.74) is 3.88. The Morgan fingerprint density at radius 3 is 3.00 bits per heavy atom. The van der Waals surface area contributed by atoms with E-state index in [1.807, 2.05) is 29.2 Å². The summed E-state index contributed by atoms with van der Waals surface area (Å²) in [4.78, 5) is 18.9. The van der Waals surface area contributed by atoms with Gasteiger partial charge in [-0.15, -0.1) is 12.4 Å². The predicted octanol–water partition coefficient (Wildman–Crippen LogP) is 2.50. The van der Waals surface area contributed by atoms with Crippen LogP contribution in [0, 0.1) is 0 Å². The lowest BCUT2D eigenvalue weighted by molar-refractivity contribution is 0.0629. The Morgan fingerprint density at radius 2 is 2.14 bits per heavy atom. The third-order valence-corrected chi connectivity index (χ3v) is 4.25. The van der Waals surface area contributed by atoms with Gasteiger partial charge in [0.1, 0.15) is 5.75 Å². The number of fused-ring (bicyclic) bond motifs is 4. The zero-order valence-corrected chi connectivity index (χ0v) is 12.1. The molecule has 3 heterocycles. The van der Waals surface area contributed by atoms with Crippen LogP contribution in [-0.2, 0) is 12.8 Å². The third kappa shape index (κ3) is 2.07. The molecule has 21 heavy (non-hydrogen) atoms. The van der Waals surface area contributed by atoms with E-state index < -0.39 is 0 Å². The minimum Gasteiger partial charge on any atom is -0.508 e. The summed E-state index contributed by atoms with van der Waals surface area (Å²) in [7, 11) is 0. The minimum absolute atomic E-state index is 0. The quantitative estimate of drug-likeness (QED) is 0.813. The number of phenolic OH excluding ortho intramolecular Hbond substituents is 1. The normalized spacial score (nSPS) is 19.1. The van der Waals surface area contributed by atoms with E-state index in [2.05, 4.69) is 4.98 Å². The number of halogens is 1. The lowest BCUT2D eigenvalue weighted by Gasteiger charge is -2.40. The maximum Gasteiger partial charge on any atom is 0.256 e. The van der Waals surface area contributed by atoms with Crippen molar-refractivity contribution in [3.8, 4) is 5.75 Å². The van der Waals surface area contributed by atoms with E-state index >= 15 is 0 Å². The molecular formula is C16H15ClN2O2. The Kier molecular flexibility index (Phi) is 3.33. The van der Waals surface area contributed by atoms with Crippen LogP contribution in [0.1, 0.15) is 33.2 Å². The molecule has 108 valence electrons. The van der Waals surface area contributed by atoms with E-state index in [1.165, 1.54) is 0 Å². The summed E-state index contributed by atoms with van der Waals surface area (Å²) in [5.74, 6) is 0.362. The number of hydrogen-bond donors (Lipinski definition) is 1. The molecule has 1 aromatic carbocycles. The molecule has 0 spiro atoms. The second kappa shape index (κ2) is 5.04. The molecule has 1 aromatic heterocycles. The molecule has 0 aliphatic carbocycles. The van der Waals surface area contributed by atoms with Crippen molar-refractivity contribution in [1.82, 2.24) is 9.88 Å². The van der Waals surface area contributed by atoms with Crippen molar-refractivity contribution >= 4 is 18.3 Å². The standard InChI is InChI=1S/C16H14N2O2.ClH/c19-11-3-4-12-10(8-11)5-7-18-15(12)9-14-13(16(18)20)2-1-6-17-14;/h1-4,6,8,15,19H,5,7,9H2;1H. The van der Waals surface area contributed by atoms with Gasteiger partial charge in [-0.3, -0.25) is 9.78 Å². The molecule has 1 amide bonds. The molecule has 1 N–H and O–H groups in total. The molecule has 2 aromatic rings. The molecule has 1 atom stereocenters. The zero-order chi connectivity index (χ0) is 13.7. The first-order chi connectivity index (χ1) is 9.74. The highest BCUT2D eigenvalue weighted by Gasteiger charge is 2.37. The molecule has 0 saturated carbocycles. The highest BCUT2D eigenvalue weighted by Crippen LogP contribution is 2.38. The Balaban J connectivity index is 0.00000132. The van der Waals surface area contributed by atoms with E-state index in [4.69, 9.17) is 0 Å². The first-order valence-electron chi connectivity index (χ1n) is 6.80. The van der Waals surface area contributed by atoms with Gasteiger partial charge in [0.15, 0.2) is 0 Å². The van der Waals surface area contributed by atoms with Crippen LogP contribution in [0.4, 0.5) is 0 Å². The average Bonchev–Trinajstić information content (AvgIpc) is 2.47. The van der Waals surface area contributed by atoms with Crippen LogP contribution in [0.5, 0.6) is 5.75 Å². The number of aromatic nitrogens is 1. The van der Waals surface area contributed by atoms with E-state index in [-0.39, 0.29) is 30.1 Å². The molecule has 0 bridgehead atoms. The number of pyridine rings is 1. The second-order valence-electron chi connectivity index (χ2n) is 5.35. The van der Waals surface area contributed by atoms with E-state index in [0.29, 0.717) is 6.54 Å². The van der Waals surface area contributed by atoms with Gasteiger partial charge in [0.05, 0.1) is 17.3 Å². The van der Waals surface area contributed by atoms with Gasteiger partial charge in [0, 0.05) is 19.2 Å². The van der Waals surface area contributed by atoms with Crippen molar-refractivity contribution in [2.45, 2.75) is 18.9 Å². The first-order valence-corrected chi connectivity index (χ1v) is 6.80. The van der Waals surface area contributed by atoms with E-state index in [1.54, 1.807) is 12.3 Å². The van der Waals surface area contributed by atoms with Crippen LogP contribution in [0.3, 0.4) is 0 Å². The average molecular weight is 303 g/mol. The second-order valence-corrected chi connectivity index (χ2v) is 5.35. The zero-order valence-electron chi connectivity index (χ0n) is 11.3. The van der Waals surface area contributed by atoms with Crippen LogP contribution in [0.15, 0.2) is 36.5 Å². The number of carbonyl (C=O) groups excluding carboxylic acids is 1. The van der Waals surface area contributed by atoms with Crippen molar-refractivity contribution in [2.24, 2.45) is 0 Å². The van der Waals surface area contributed by atoms with Crippen LogP contribution in [0.25, 0.3) is 0 Å². The van der Waals surface area contributed by atoms with Crippen molar-refractivity contribution in [2.75, 3.05) is 6.54 Å². The molecule has 2 aliphatic rings. The fourth-order valence-corrected chi connectivity index (χ4v) is 3.29. The SMILES string of the molecule is Cl.O=C1c2cccnc2CC2c3ccc(O)cc3CCN12. The summed E-state index contributed by atoms with van der Waals surface area (Å²) < 4.78 is 0. The molecule has 0 saturated heterocycles. The fourth-order valence-electron chi connectivity index (χ4n) is 3.29. The highest BCUT2D eigenvalue weighted by atomic mass is 35.5. The van der Waals surface area contributed by atoms with Gasteiger partial charge in [-0.2, -0.15) is 0 Å². The van der Waals surface area contributed by atoms with Crippen LogP contribution in [0.2, 0.25) is 0 Å². The van der Waals surface area contributed by atoms with Gasteiger partial charge in [0.25, 0.3) is 5.91 Å². The van der Waals surface area contributed by atoms with Gasteiger partial charge in [-0.1, -0.05) is 6.07 Å². The summed E-state index contributed by atoms with van der Waals surface area (Å²) in [5, 5.41) is 9.60. The van der Waals surface area contributed by atoms with Gasteiger partial charge < -0.3 is 10.0 Å².